The number of hydrogen-bond acceptors (Lipinski definition) is 5. The molecule has 4 rings (SSSR count). The van der Waals surface area contributed by atoms with Gasteiger partial charge >= 0.3 is 0 Å². The maximum atomic E-state index is 5.42. The standard InChI is InChI=1S/C18H18N4O/c1-13-4-6-14(7-5-13)10-22-11-16(12-22)18-20-17(21-23-18)15-3-2-8-19-9-15/h2-9,16H,10-12H2,1H3. The lowest BCUT2D eigenvalue weighted by Crippen LogP contribution is -2.44. The Morgan fingerprint density at radius 2 is 2.00 bits per heavy atom. The summed E-state index contributed by atoms with van der Waals surface area (Å²) in [5.74, 6) is 1.67. The molecule has 3 aromatic rings. The third kappa shape index (κ3) is 3.00. The molecule has 23 heavy (non-hydrogen) atoms. The fraction of sp³-hybridized carbons (Fsp3) is 0.278. The second kappa shape index (κ2) is 5.93. The minimum atomic E-state index is 0.332. The van der Waals surface area contributed by atoms with E-state index in [1.165, 1.54) is 11.1 Å². The highest BCUT2D eigenvalue weighted by atomic mass is 16.5. The molecular formula is C18H18N4O. The number of benzene rings is 1. The van der Waals surface area contributed by atoms with Gasteiger partial charge in [0.1, 0.15) is 0 Å². The summed E-state index contributed by atoms with van der Waals surface area (Å²) in [4.78, 5) is 11.0. The van der Waals surface area contributed by atoms with Crippen LogP contribution >= 0.6 is 0 Å². The molecule has 0 N–H and O–H groups in total. The lowest BCUT2D eigenvalue weighted by molar-refractivity contribution is 0.117. The molecule has 1 aromatic carbocycles. The highest BCUT2D eigenvalue weighted by molar-refractivity contribution is 5.51. The molecule has 1 aliphatic rings. The third-order valence-electron chi connectivity index (χ3n) is 4.19. The molecule has 3 heterocycles. The van der Waals surface area contributed by atoms with Crippen molar-refractivity contribution in [2.24, 2.45) is 0 Å². The molecule has 1 aliphatic heterocycles. The van der Waals surface area contributed by atoms with Gasteiger partial charge in [-0.25, -0.2) is 0 Å². The Balaban J connectivity index is 1.37. The van der Waals surface area contributed by atoms with Crippen LogP contribution in [-0.4, -0.2) is 33.1 Å². The van der Waals surface area contributed by atoms with Gasteiger partial charge in [0.15, 0.2) is 0 Å². The Bertz CT molecular complexity index is 776. The highest BCUT2D eigenvalue weighted by Crippen LogP contribution is 2.28. The Morgan fingerprint density at radius 3 is 2.74 bits per heavy atom. The molecule has 5 heteroatoms. The maximum Gasteiger partial charge on any atom is 0.232 e. The molecule has 0 bridgehead atoms. The van der Waals surface area contributed by atoms with Crippen molar-refractivity contribution >= 4 is 0 Å². The molecule has 0 aliphatic carbocycles. The van der Waals surface area contributed by atoms with Crippen molar-refractivity contribution in [2.45, 2.75) is 19.4 Å². The lowest BCUT2D eigenvalue weighted by atomic mass is 9.99. The van der Waals surface area contributed by atoms with Crippen molar-refractivity contribution in [1.82, 2.24) is 20.0 Å². The molecule has 0 radical (unpaired) electrons. The average molecular weight is 306 g/mol. The van der Waals surface area contributed by atoms with Crippen molar-refractivity contribution in [3.8, 4) is 11.4 Å². The van der Waals surface area contributed by atoms with E-state index in [1.807, 2.05) is 12.1 Å². The largest absolute Gasteiger partial charge is 0.339 e. The van der Waals surface area contributed by atoms with Crippen LogP contribution in [-0.2, 0) is 6.54 Å². The molecule has 0 unspecified atom stereocenters. The van der Waals surface area contributed by atoms with Gasteiger partial charge in [0.2, 0.25) is 11.7 Å². The molecule has 1 saturated heterocycles. The van der Waals surface area contributed by atoms with Crippen LogP contribution in [0.15, 0.2) is 53.3 Å². The van der Waals surface area contributed by atoms with E-state index in [2.05, 4.69) is 51.2 Å². The van der Waals surface area contributed by atoms with Gasteiger partial charge in [-0.1, -0.05) is 35.0 Å². The predicted octanol–water partition coefficient (Wildman–Crippen LogP) is 3.04. The van der Waals surface area contributed by atoms with Gasteiger partial charge in [-0.05, 0) is 24.6 Å². The van der Waals surface area contributed by atoms with Crippen molar-refractivity contribution in [1.29, 1.82) is 0 Å². The van der Waals surface area contributed by atoms with Crippen LogP contribution in [0.4, 0.5) is 0 Å². The molecule has 1 fully saturated rings. The van der Waals surface area contributed by atoms with Gasteiger partial charge in [-0.15, -0.1) is 0 Å². The van der Waals surface area contributed by atoms with Crippen LogP contribution in [0, 0.1) is 6.92 Å². The second-order valence-corrected chi connectivity index (χ2v) is 6.07. The SMILES string of the molecule is Cc1ccc(CN2CC(c3nc(-c4cccnc4)no3)C2)cc1. The first kappa shape index (κ1) is 14.1. The smallest absolute Gasteiger partial charge is 0.232 e. The molecule has 116 valence electrons. The van der Waals surface area contributed by atoms with Gasteiger partial charge < -0.3 is 4.52 Å². The van der Waals surface area contributed by atoms with Crippen LogP contribution in [0.5, 0.6) is 0 Å². The summed E-state index contributed by atoms with van der Waals surface area (Å²) in [6.07, 6.45) is 3.48. The molecule has 0 spiro atoms. The number of nitrogens with zero attached hydrogens (tertiary/aromatic N) is 4. The van der Waals surface area contributed by atoms with Gasteiger partial charge in [-0.2, -0.15) is 4.98 Å². The molecule has 0 saturated carbocycles. The number of aryl methyl sites for hydroxylation is 1. The van der Waals surface area contributed by atoms with E-state index in [0.29, 0.717) is 11.7 Å². The Hall–Kier alpha value is -2.53. The van der Waals surface area contributed by atoms with Gasteiger partial charge in [-0.3, -0.25) is 9.88 Å². The van der Waals surface area contributed by atoms with Gasteiger partial charge in [0.25, 0.3) is 0 Å². The summed E-state index contributed by atoms with van der Waals surface area (Å²) < 4.78 is 5.42. The summed E-state index contributed by atoms with van der Waals surface area (Å²) in [7, 11) is 0. The zero-order chi connectivity index (χ0) is 15.6. The zero-order valence-electron chi connectivity index (χ0n) is 13.0. The number of likely N-dealkylation sites (tertiary alicyclic amines) is 1. The number of hydrogen-bond donors (Lipinski definition) is 0. The van der Waals surface area contributed by atoms with Crippen molar-refractivity contribution < 1.29 is 4.52 Å². The molecular weight excluding hydrogens is 288 g/mol. The van der Waals surface area contributed by atoms with Gasteiger partial charge in [0.05, 0.1) is 5.92 Å². The summed E-state index contributed by atoms with van der Waals surface area (Å²) in [5, 5.41) is 4.06. The van der Waals surface area contributed by atoms with Gasteiger partial charge in [0, 0.05) is 37.6 Å². The topological polar surface area (TPSA) is 55.1 Å². The average Bonchev–Trinajstić information content (AvgIpc) is 3.02. The van der Waals surface area contributed by atoms with Crippen molar-refractivity contribution in [2.75, 3.05) is 13.1 Å². The quantitative estimate of drug-likeness (QED) is 0.741. The molecule has 0 amide bonds. The molecule has 5 nitrogen and oxygen atoms in total. The van der Waals surface area contributed by atoms with E-state index in [0.717, 1.165) is 31.1 Å². The van der Waals surface area contributed by atoms with Crippen LogP contribution < -0.4 is 0 Å². The minimum absolute atomic E-state index is 0.332. The second-order valence-electron chi connectivity index (χ2n) is 6.07. The summed E-state index contributed by atoms with van der Waals surface area (Å²) in [6, 6.07) is 12.5. The first-order valence-corrected chi connectivity index (χ1v) is 7.80. The zero-order valence-corrected chi connectivity index (χ0v) is 13.0. The van der Waals surface area contributed by atoms with Crippen LogP contribution in [0.3, 0.4) is 0 Å². The monoisotopic (exact) mass is 306 g/mol. The summed E-state index contributed by atoms with van der Waals surface area (Å²) in [5.41, 5.74) is 3.53. The van der Waals surface area contributed by atoms with Crippen LogP contribution in [0.1, 0.15) is 22.9 Å². The maximum absolute atomic E-state index is 5.42. The van der Waals surface area contributed by atoms with E-state index in [4.69, 9.17) is 4.52 Å². The third-order valence-corrected chi connectivity index (χ3v) is 4.19. The van der Waals surface area contributed by atoms with Crippen molar-refractivity contribution in [3.05, 3.63) is 65.8 Å². The first-order chi connectivity index (χ1) is 11.3. The first-order valence-electron chi connectivity index (χ1n) is 7.80. The fourth-order valence-electron chi connectivity index (χ4n) is 2.82. The minimum Gasteiger partial charge on any atom is -0.339 e. The Labute approximate surface area is 135 Å². The van der Waals surface area contributed by atoms with E-state index >= 15 is 0 Å². The van der Waals surface area contributed by atoms with E-state index in [-0.39, 0.29) is 0 Å². The van der Waals surface area contributed by atoms with E-state index in [9.17, 15) is 0 Å². The predicted molar refractivity (Wildman–Crippen MR) is 86.7 cm³/mol. The summed E-state index contributed by atoms with van der Waals surface area (Å²) >= 11 is 0. The number of rotatable bonds is 4. The molecule has 2 aromatic heterocycles. The summed E-state index contributed by atoms with van der Waals surface area (Å²) in [6.45, 7) is 5.00. The van der Waals surface area contributed by atoms with Crippen LogP contribution in [0.25, 0.3) is 11.4 Å². The van der Waals surface area contributed by atoms with Crippen LogP contribution in [0.2, 0.25) is 0 Å². The number of aromatic nitrogens is 3. The Morgan fingerprint density at radius 1 is 1.17 bits per heavy atom. The lowest BCUT2D eigenvalue weighted by Gasteiger charge is -2.37. The van der Waals surface area contributed by atoms with Crippen molar-refractivity contribution in [3.63, 3.8) is 0 Å². The fourth-order valence-corrected chi connectivity index (χ4v) is 2.82. The van der Waals surface area contributed by atoms with E-state index in [1.54, 1.807) is 12.4 Å². The number of pyridine rings is 1. The highest BCUT2D eigenvalue weighted by Gasteiger charge is 2.32. The normalized spacial score (nSPS) is 15.5. The molecule has 0 atom stereocenters. The Kier molecular flexibility index (Phi) is 3.63. The van der Waals surface area contributed by atoms with E-state index < -0.39 is 0 Å².